The number of hydrogen-bond acceptors (Lipinski definition) is 4. The van der Waals surface area contributed by atoms with Crippen molar-refractivity contribution in [3.8, 4) is 66.8 Å². The van der Waals surface area contributed by atoms with Gasteiger partial charge in [-0.3, -0.25) is 0 Å². The zero-order valence-corrected chi connectivity index (χ0v) is 83.2. The van der Waals surface area contributed by atoms with Crippen LogP contribution in [0.3, 0.4) is 0 Å². The molecule has 0 saturated carbocycles. The topological polar surface area (TPSA) is 13.0 Å². The molecule has 0 unspecified atom stereocenters. The van der Waals surface area contributed by atoms with Gasteiger partial charge in [0.15, 0.2) is 24.2 Å². The molecule has 686 valence electrons. The van der Waals surface area contributed by atoms with Crippen LogP contribution in [-0.2, 0) is 0 Å². The highest BCUT2D eigenvalue weighted by atomic mass is 28.3. The van der Waals surface area contributed by atoms with Gasteiger partial charge in [0, 0.05) is 68.1 Å². The molecule has 3 heterocycles. The summed E-state index contributed by atoms with van der Waals surface area (Å²) in [4.78, 5) is 9.70. The zero-order valence-electron chi connectivity index (χ0n) is 80.2. The molecule has 26 rings (SSSR count). The van der Waals surface area contributed by atoms with Crippen molar-refractivity contribution >= 4 is 155 Å². The van der Waals surface area contributed by atoms with Crippen LogP contribution < -0.4 is 81.8 Å². The third kappa shape index (κ3) is 16.3. The Balaban J connectivity index is 0.000000119. The van der Waals surface area contributed by atoms with Gasteiger partial charge in [0.05, 0.1) is 5.69 Å². The van der Waals surface area contributed by atoms with Gasteiger partial charge in [0.1, 0.15) is 0 Å². The van der Waals surface area contributed by atoms with E-state index in [1.807, 2.05) is 0 Å². The van der Waals surface area contributed by atoms with Gasteiger partial charge >= 0.3 is 0 Å². The number of rotatable bonds is 21. The first kappa shape index (κ1) is 89.5. The lowest BCUT2D eigenvalue weighted by atomic mass is 10.0. The van der Waals surface area contributed by atoms with Gasteiger partial charge in [-0.25, -0.2) is 0 Å². The van der Waals surface area contributed by atoms with E-state index in [0.29, 0.717) is 0 Å². The molecule has 7 heteroatoms. The second kappa shape index (κ2) is 39.9. The smallest absolute Gasteiger partial charge is 0.185 e. The third-order valence-corrected chi connectivity index (χ3v) is 43.9. The number of hydrogen-bond donors (Lipinski definition) is 0. The van der Waals surface area contributed by atoms with Crippen LogP contribution in [0.2, 0.25) is 0 Å². The first-order chi connectivity index (χ1) is 72.0. The molecule has 0 fully saturated rings. The highest BCUT2D eigenvalue weighted by molar-refractivity contribution is 7.24. The number of nitrogens with zero attached hydrogens (tertiary/aromatic N) is 4. The summed E-state index contributed by atoms with van der Waals surface area (Å²) in [5, 5.41) is 17.0. The number of benzene rings is 23. The third-order valence-electron chi connectivity index (χ3n) is 29.2. The summed E-state index contributed by atoms with van der Waals surface area (Å²) in [5.41, 5.74) is 29.0. The minimum Gasteiger partial charge on any atom is -0.311 e. The van der Waals surface area contributed by atoms with Crippen LogP contribution in [0, 0.1) is 0 Å². The number of fused-ring (bicyclic) bond motifs is 9. The molecule has 0 atom stereocenters. The Morgan fingerprint density at radius 1 is 0.103 bits per heavy atom. The van der Waals surface area contributed by atoms with Gasteiger partial charge in [0.2, 0.25) is 0 Å². The van der Waals surface area contributed by atoms with Crippen molar-refractivity contribution in [2.75, 3.05) is 19.6 Å². The maximum Gasteiger partial charge on any atom is 0.185 e. The van der Waals surface area contributed by atoms with Crippen molar-refractivity contribution in [2.24, 2.45) is 0 Å². The summed E-state index contributed by atoms with van der Waals surface area (Å²) in [6, 6.07) is 227. The minimum atomic E-state index is -3.15. The standard InChI is InChI=1S/C54H40N2Si.C48H35NSi.C36H27NSi/c1-7-23-41(24-8-1)47-35-19-20-38-50(47)56(44-29-13-4-14-30-44)52-40-22-37-49-48-36-21-39-51(55(42-25-9-2-10-26-42)43-27-11-3-12-28-43)53(48)57(54(49)52,45-31-15-5-16-32-45)46-33-17-6-18-34-46;1-4-14-36(15-5-1)38-24-28-40(29-25-38)49(41-30-26-39(27-31-41)37-16-6-2-7-17-37)42-32-34-44(35-33-42)50(43-18-8-3-9-19-43)47-22-12-10-20-45(47)46-21-11-13-23-48(46)50;1-4-14-28(15-5-1)37(29-16-6-2-7-17-29)30-24-26-32(27-25-30)38(31-18-8-3-9-19-31)35-22-12-10-20-33(35)34-21-11-13-23-36(34)38/h1-40H;1-35H;1-27H. The average molecular weight is 1900 g/mol. The molecule has 4 nitrogen and oxygen atoms in total. The van der Waals surface area contributed by atoms with E-state index in [1.54, 1.807) is 0 Å². The van der Waals surface area contributed by atoms with E-state index in [1.165, 1.54) is 140 Å². The van der Waals surface area contributed by atoms with Crippen molar-refractivity contribution in [1.29, 1.82) is 0 Å². The van der Waals surface area contributed by atoms with E-state index < -0.39 is 24.2 Å². The molecule has 0 aromatic heterocycles. The first-order valence-corrected chi connectivity index (χ1v) is 56.0. The highest BCUT2D eigenvalue weighted by Crippen LogP contribution is 2.48. The van der Waals surface area contributed by atoms with Crippen LogP contribution in [0.15, 0.2) is 619 Å². The zero-order chi connectivity index (χ0) is 96.7. The molecule has 23 aromatic carbocycles. The summed E-state index contributed by atoms with van der Waals surface area (Å²) in [5.74, 6) is 0. The number of para-hydroxylation sites is 6. The lowest BCUT2D eigenvalue weighted by Gasteiger charge is -2.38. The van der Waals surface area contributed by atoms with Crippen LogP contribution in [0.4, 0.5) is 68.2 Å². The molecule has 0 N–H and O–H groups in total. The minimum absolute atomic E-state index is 1.12. The lowest BCUT2D eigenvalue weighted by Crippen LogP contribution is -2.73. The Morgan fingerprint density at radius 3 is 0.607 bits per heavy atom. The van der Waals surface area contributed by atoms with E-state index in [9.17, 15) is 0 Å². The Labute approximate surface area is 853 Å². The second-order valence-electron chi connectivity index (χ2n) is 37.1. The predicted octanol–water partition coefficient (Wildman–Crippen LogP) is 28.0. The lowest BCUT2D eigenvalue weighted by molar-refractivity contribution is 1.28. The fourth-order valence-electron chi connectivity index (χ4n) is 23.1. The van der Waals surface area contributed by atoms with Crippen LogP contribution in [-0.4, -0.2) is 24.2 Å². The maximum absolute atomic E-state index is 3.15. The van der Waals surface area contributed by atoms with Crippen molar-refractivity contribution in [3.63, 3.8) is 0 Å². The Kier molecular flexibility index (Phi) is 24.6. The summed E-state index contributed by atoms with van der Waals surface area (Å²) < 4.78 is 0. The molecule has 0 saturated heterocycles. The van der Waals surface area contributed by atoms with Gasteiger partial charge in [-0.2, -0.15) is 0 Å². The van der Waals surface area contributed by atoms with Crippen molar-refractivity contribution in [2.45, 2.75) is 0 Å². The van der Waals surface area contributed by atoms with Gasteiger partial charge in [-0.15, -0.1) is 0 Å². The molecule has 0 spiro atoms. The van der Waals surface area contributed by atoms with Gasteiger partial charge in [-0.05, 0) is 251 Å². The van der Waals surface area contributed by atoms with E-state index in [-0.39, 0.29) is 0 Å². The first-order valence-electron chi connectivity index (χ1n) is 50.0. The van der Waals surface area contributed by atoms with Gasteiger partial charge in [0.25, 0.3) is 0 Å². The SMILES string of the molecule is c1ccc(-c2ccc(N(c3ccc(-c4ccccc4)cc3)c3ccc([Si]4(c5ccccc5)c5ccccc5-c5ccccc54)cc3)cc2)cc1.c1ccc(-c2ccccc2N(c2ccccc2)c2cccc3c2[Si](c2ccccc2)(c2ccccc2)c2c-3cccc2N(c2ccccc2)c2ccccc2)cc1.c1ccc(N(c2ccccc2)c2ccc([Si]3(c4ccccc4)c4ccccc4-c4ccccc43)cc2)cc1. The van der Waals surface area contributed by atoms with Crippen LogP contribution in [0.25, 0.3) is 66.8 Å². The maximum atomic E-state index is 2.52. The molecule has 0 aliphatic carbocycles. The number of anilines is 12. The molecule has 145 heavy (non-hydrogen) atoms. The van der Waals surface area contributed by atoms with E-state index in [2.05, 4.69) is 638 Å². The molecular formula is C138H102N4Si3. The van der Waals surface area contributed by atoms with E-state index >= 15 is 0 Å². The normalized spacial score (nSPS) is 12.6. The summed E-state index contributed by atoms with van der Waals surface area (Å²) in [7, 11) is -8.16. The van der Waals surface area contributed by atoms with E-state index in [4.69, 9.17) is 0 Å². The predicted molar refractivity (Wildman–Crippen MR) is 622 cm³/mol. The van der Waals surface area contributed by atoms with Crippen molar-refractivity contribution in [3.05, 3.63) is 619 Å². The molecular weight excluding hydrogens is 1800 g/mol. The summed E-state index contributed by atoms with van der Waals surface area (Å²) in [6.45, 7) is 0. The summed E-state index contributed by atoms with van der Waals surface area (Å²) in [6.07, 6.45) is 0. The molecule has 3 aliphatic heterocycles. The summed E-state index contributed by atoms with van der Waals surface area (Å²) >= 11 is 0. The molecule has 0 amide bonds. The molecule has 3 aliphatic rings. The molecule has 0 bridgehead atoms. The molecule has 0 radical (unpaired) electrons. The van der Waals surface area contributed by atoms with Gasteiger partial charge < -0.3 is 19.6 Å². The van der Waals surface area contributed by atoms with E-state index in [0.717, 1.165) is 56.9 Å². The Bertz CT molecular complexity index is 8130. The monoisotopic (exact) mass is 1900 g/mol. The Hall–Kier alpha value is -18.1. The second-order valence-corrected chi connectivity index (χ2v) is 48.2. The highest BCUT2D eigenvalue weighted by Gasteiger charge is 2.54. The largest absolute Gasteiger partial charge is 0.311 e. The van der Waals surface area contributed by atoms with Crippen LogP contribution in [0.1, 0.15) is 0 Å². The van der Waals surface area contributed by atoms with Crippen LogP contribution in [0.5, 0.6) is 0 Å². The Morgan fingerprint density at radius 2 is 0.297 bits per heavy atom. The van der Waals surface area contributed by atoms with Crippen LogP contribution >= 0.6 is 0 Å². The quantitative estimate of drug-likeness (QED) is 0.0665. The average Bonchev–Trinajstić information content (AvgIpc) is 1.54. The van der Waals surface area contributed by atoms with Crippen molar-refractivity contribution in [1.82, 2.24) is 0 Å². The fraction of sp³-hybridized carbons (Fsp3) is 0. The van der Waals surface area contributed by atoms with Gasteiger partial charge in [-0.1, -0.05) is 491 Å². The van der Waals surface area contributed by atoms with Crippen molar-refractivity contribution < 1.29 is 0 Å². The fourth-order valence-corrected chi connectivity index (χ4v) is 38.9. The molecule has 23 aromatic rings.